The van der Waals surface area contributed by atoms with Crippen molar-refractivity contribution in [3.8, 4) is 0 Å². The maximum Gasteiger partial charge on any atom is 0.235 e. The fourth-order valence-electron chi connectivity index (χ4n) is 2.36. The van der Waals surface area contributed by atoms with Crippen molar-refractivity contribution in [2.75, 3.05) is 12.8 Å². The summed E-state index contributed by atoms with van der Waals surface area (Å²) in [5.74, 6) is -0.772. The molecule has 0 heterocycles. The molecule has 2 rings (SSSR count). The third-order valence-electron chi connectivity index (χ3n) is 3.74. The van der Waals surface area contributed by atoms with Crippen LogP contribution in [0.5, 0.6) is 0 Å². The van der Waals surface area contributed by atoms with Crippen LogP contribution < -0.4 is 5.32 Å². The molecule has 0 aliphatic rings. The van der Waals surface area contributed by atoms with Crippen LogP contribution in [0.25, 0.3) is 0 Å². The van der Waals surface area contributed by atoms with Gasteiger partial charge in [0.25, 0.3) is 0 Å². The number of hydrogen-bond donors (Lipinski definition) is 1. The van der Waals surface area contributed by atoms with Gasteiger partial charge < -0.3 is 5.32 Å². The van der Waals surface area contributed by atoms with Crippen molar-refractivity contribution >= 4 is 15.9 Å². The number of rotatable bonds is 7. The number of carbonyl (C=O) groups excluding carboxylic acids is 1. The minimum Gasteiger partial charge on any atom is -0.348 e. The predicted molar refractivity (Wildman–Crippen MR) is 94.7 cm³/mol. The maximum atomic E-state index is 13.0. The Hall–Kier alpha value is -2.25. The molecule has 1 N–H and O–H groups in total. The van der Waals surface area contributed by atoms with Crippen molar-refractivity contribution in [3.63, 3.8) is 0 Å². The fraction of sp³-hybridized carbons (Fsp3) is 0.278. The zero-order valence-corrected chi connectivity index (χ0v) is 15.0. The number of hydrogen-bond acceptors (Lipinski definition) is 3. The Morgan fingerprint density at radius 3 is 2.28 bits per heavy atom. The van der Waals surface area contributed by atoms with E-state index in [4.69, 9.17) is 0 Å². The lowest BCUT2D eigenvalue weighted by Crippen LogP contribution is -2.40. The normalized spacial score (nSPS) is 12.8. The average Bonchev–Trinajstić information content (AvgIpc) is 2.55. The summed E-state index contributed by atoms with van der Waals surface area (Å²) in [6.45, 7) is 1.60. The van der Waals surface area contributed by atoms with Gasteiger partial charge in [0.1, 0.15) is 5.82 Å². The molecule has 0 fully saturated rings. The molecule has 2 aromatic rings. The number of carbonyl (C=O) groups is 1. The van der Waals surface area contributed by atoms with E-state index in [2.05, 4.69) is 5.32 Å². The molecule has 25 heavy (non-hydrogen) atoms. The lowest BCUT2D eigenvalue weighted by Gasteiger charge is -2.21. The lowest BCUT2D eigenvalue weighted by molar-refractivity contribution is -0.122. The minimum atomic E-state index is -3.54. The van der Waals surface area contributed by atoms with E-state index in [1.807, 2.05) is 18.2 Å². The number of nitrogens with one attached hydrogen (secondary N) is 1. The fourth-order valence-corrected chi connectivity index (χ4v) is 3.09. The van der Waals surface area contributed by atoms with Gasteiger partial charge >= 0.3 is 0 Å². The SMILES string of the molecule is C[C@H](NC(=O)CN(Cc1ccccc1)S(C)(=O)=O)c1ccc(F)cc1. The first-order chi connectivity index (χ1) is 11.8. The van der Waals surface area contributed by atoms with E-state index in [0.29, 0.717) is 0 Å². The van der Waals surface area contributed by atoms with Crippen LogP contribution in [0.4, 0.5) is 4.39 Å². The smallest absolute Gasteiger partial charge is 0.235 e. The second-order valence-electron chi connectivity index (χ2n) is 5.86. The number of benzene rings is 2. The second-order valence-corrected chi connectivity index (χ2v) is 7.84. The predicted octanol–water partition coefficient (Wildman–Crippen LogP) is 2.46. The van der Waals surface area contributed by atoms with Crippen molar-refractivity contribution in [1.29, 1.82) is 0 Å². The molecular weight excluding hydrogens is 343 g/mol. The third kappa shape index (κ3) is 5.95. The van der Waals surface area contributed by atoms with Gasteiger partial charge in [0, 0.05) is 6.54 Å². The number of nitrogens with zero attached hydrogens (tertiary/aromatic N) is 1. The molecule has 5 nitrogen and oxygen atoms in total. The van der Waals surface area contributed by atoms with E-state index >= 15 is 0 Å². The van der Waals surface area contributed by atoms with Crippen molar-refractivity contribution in [2.45, 2.75) is 19.5 Å². The zero-order chi connectivity index (χ0) is 18.4. The summed E-state index contributed by atoms with van der Waals surface area (Å²) in [7, 11) is -3.54. The van der Waals surface area contributed by atoms with E-state index < -0.39 is 15.9 Å². The highest BCUT2D eigenvalue weighted by Gasteiger charge is 2.21. The molecule has 0 aliphatic heterocycles. The van der Waals surface area contributed by atoms with Crippen LogP contribution in [-0.2, 0) is 21.4 Å². The van der Waals surface area contributed by atoms with Crippen molar-refractivity contribution < 1.29 is 17.6 Å². The van der Waals surface area contributed by atoms with Gasteiger partial charge in [0.2, 0.25) is 15.9 Å². The Kier molecular flexibility index (Phi) is 6.27. The summed E-state index contributed by atoms with van der Waals surface area (Å²) in [6, 6.07) is 14.5. The highest BCUT2D eigenvalue weighted by atomic mass is 32.2. The van der Waals surface area contributed by atoms with E-state index in [0.717, 1.165) is 21.7 Å². The first-order valence-electron chi connectivity index (χ1n) is 7.79. The quantitative estimate of drug-likeness (QED) is 0.821. The van der Waals surface area contributed by atoms with Gasteiger partial charge in [0.15, 0.2) is 0 Å². The number of amides is 1. The third-order valence-corrected chi connectivity index (χ3v) is 4.93. The molecule has 0 spiro atoms. The van der Waals surface area contributed by atoms with Gasteiger partial charge in [-0.15, -0.1) is 0 Å². The van der Waals surface area contributed by atoms with Crippen LogP contribution in [0.15, 0.2) is 54.6 Å². The molecule has 2 aromatic carbocycles. The molecule has 134 valence electrons. The number of sulfonamides is 1. The molecule has 0 aromatic heterocycles. The van der Waals surface area contributed by atoms with Crippen LogP contribution in [0, 0.1) is 5.82 Å². The van der Waals surface area contributed by atoms with Crippen molar-refractivity contribution in [2.24, 2.45) is 0 Å². The topological polar surface area (TPSA) is 66.5 Å². The summed E-state index contributed by atoms with van der Waals surface area (Å²) >= 11 is 0. The minimum absolute atomic E-state index is 0.123. The Labute approximate surface area is 147 Å². The average molecular weight is 364 g/mol. The molecule has 0 saturated carbocycles. The summed E-state index contributed by atoms with van der Waals surface area (Å²) in [6.07, 6.45) is 1.08. The summed E-state index contributed by atoms with van der Waals surface area (Å²) in [4.78, 5) is 12.2. The molecule has 0 unspecified atom stereocenters. The summed E-state index contributed by atoms with van der Waals surface area (Å²) < 4.78 is 38.0. The molecule has 0 bridgehead atoms. The first kappa shape index (κ1) is 19.1. The van der Waals surface area contributed by atoms with E-state index in [-0.39, 0.29) is 24.9 Å². The second kappa shape index (κ2) is 8.22. The monoisotopic (exact) mass is 364 g/mol. The van der Waals surface area contributed by atoms with Gasteiger partial charge in [-0.25, -0.2) is 12.8 Å². The standard InChI is InChI=1S/C18H21FN2O3S/c1-14(16-8-10-17(19)11-9-16)20-18(22)13-21(25(2,23)24)12-15-6-4-3-5-7-15/h3-11,14H,12-13H2,1-2H3,(H,20,22)/t14-/m0/s1. The largest absolute Gasteiger partial charge is 0.348 e. The van der Waals surface area contributed by atoms with Crippen LogP contribution in [0.3, 0.4) is 0 Å². The Bertz CT molecular complexity index is 808. The van der Waals surface area contributed by atoms with Gasteiger partial charge in [-0.05, 0) is 30.2 Å². The summed E-state index contributed by atoms with van der Waals surface area (Å²) in [5.41, 5.74) is 1.54. The van der Waals surface area contributed by atoms with Crippen molar-refractivity contribution in [3.05, 3.63) is 71.5 Å². The molecule has 0 aliphatic carbocycles. The maximum absolute atomic E-state index is 13.0. The van der Waals surface area contributed by atoms with Gasteiger partial charge in [-0.1, -0.05) is 42.5 Å². The summed E-state index contributed by atoms with van der Waals surface area (Å²) in [5, 5.41) is 2.74. The Morgan fingerprint density at radius 1 is 1.12 bits per heavy atom. The zero-order valence-electron chi connectivity index (χ0n) is 14.1. The van der Waals surface area contributed by atoms with Gasteiger partial charge in [0.05, 0.1) is 18.8 Å². The highest BCUT2D eigenvalue weighted by Crippen LogP contribution is 2.13. The number of halogens is 1. The van der Waals surface area contributed by atoms with Gasteiger partial charge in [-0.3, -0.25) is 4.79 Å². The van der Waals surface area contributed by atoms with Crippen LogP contribution in [0.1, 0.15) is 24.1 Å². The van der Waals surface area contributed by atoms with Crippen LogP contribution >= 0.6 is 0 Å². The molecule has 0 saturated heterocycles. The van der Waals surface area contributed by atoms with Crippen LogP contribution in [0.2, 0.25) is 0 Å². The van der Waals surface area contributed by atoms with Crippen molar-refractivity contribution in [1.82, 2.24) is 9.62 Å². The molecule has 0 radical (unpaired) electrons. The first-order valence-corrected chi connectivity index (χ1v) is 9.64. The Morgan fingerprint density at radius 2 is 1.72 bits per heavy atom. The lowest BCUT2D eigenvalue weighted by atomic mass is 10.1. The van der Waals surface area contributed by atoms with E-state index in [9.17, 15) is 17.6 Å². The Balaban J connectivity index is 2.03. The molecule has 1 atom stereocenters. The molecule has 1 amide bonds. The van der Waals surface area contributed by atoms with Crippen LogP contribution in [-0.4, -0.2) is 31.4 Å². The molecular formula is C18H21FN2O3S. The van der Waals surface area contributed by atoms with E-state index in [1.165, 1.54) is 12.1 Å². The van der Waals surface area contributed by atoms with Gasteiger partial charge in [-0.2, -0.15) is 4.31 Å². The van der Waals surface area contributed by atoms with E-state index in [1.54, 1.807) is 31.2 Å². The highest BCUT2D eigenvalue weighted by molar-refractivity contribution is 7.88. The molecule has 7 heteroatoms.